The van der Waals surface area contributed by atoms with Crippen LogP contribution in [0.1, 0.15) is 16.8 Å². The van der Waals surface area contributed by atoms with Gasteiger partial charge in [-0.25, -0.2) is 4.98 Å². The first kappa shape index (κ1) is 22.1. The van der Waals surface area contributed by atoms with E-state index in [0.29, 0.717) is 6.61 Å². The molecule has 0 aliphatic carbocycles. The van der Waals surface area contributed by atoms with Gasteiger partial charge in [-0.3, -0.25) is 14.7 Å². The van der Waals surface area contributed by atoms with Crippen molar-refractivity contribution >= 4 is 0 Å². The van der Waals surface area contributed by atoms with Crippen LogP contribution in [0.2, 0.25) is 0 Å². The average Bonchev–Trinajstić information content (AvgIpc) is 3.21. The number of ether oxygens (including phenoxy) is 1. The van der Waals surface area contributed by atoms with Crippen molar-refractivity contribution in [1.82, 2.24) is 24.3 Å². The molecule has 4 heterocycles. The van der Waals surface area contributed by atoms with Gasteiger partial charge < -0.3 is 14.4 Å². The van der Waals surface area contributed by atoms with Crippen molar-refractivity contribution in [3.63, 3.8) is 0 Å². The van der Waals surface area contributed by atoms with Crippen molar-refractivity contribution in [2.45, 2.75) is 19.6 Å². The maximum atomic E-state index is 9.15. The molecular formula is C26H33N5O2. The molecule has 1 aromatic carbocycles. The molecule has 1 N–H and O–H groups in total. The Hall–Kier alpha value is -2.71. The zero-order chi connectivity index (χ0) is 22.5. The molecule has 174 valence electrons. The monoisotopic (exact) mass is 447 g/mol. The summed E-state index contributed by atoms with van der Waals surface area (Å²) >= 11 is 0. The summed E-state index contributed by atoms with van der Waals surface area (Å²) in [7, 11) is 0. The lowest BCUT2D eigenvalue weighted by molar-refractivity contribution is 0.108. The second-order valence-electron chi connectivity index (χ2n) is 8.90. The summed E-state index contributed by atoms with van der Waals surface area (Å²) in [5.41, 5.74) is 3.83. The molecule has 0 amide bonds. The number of nitrogens with zero attached hydrogens (tertiary/aromatic N) is 5. The smallest absolute Gasteiger partial charge is 0.136 e. The minimum absolute atomic E-state index is 0.244. The highest BCUT2D eigenvalue weighted by Gasteiger charge is 2.20. The third-order valence-corrected chi connectivity index (χ3v) is 6.59. The molecule has 0 bridgehead atoms. The van der Waals surface area contributed by atoms with Crippen molar-refractivity contribution in [3.8, 4) is 11.6 Å². The minimum atomic E-state index is 0.244. The third-order valence-electron chi connectivity index (χ3n) is 6.59. The van der Waals surface area contributed by atoms with Crippen molar-refractivity contribution < 1.29 is 9.84 Å². The summed E-state index contributed by atoms with van der Waals surface area (Å²) in [6.45, 7) is 9.45. The highest BCUT2D eigenvalue weighted by molar-refractivity contribution is 5.38. The van der Waals surface area contributed by atoms with E-state index in [-0.39, 0.29) is 6.61 Å². The summed E-state index contributed by atoms with van der Waals surface area (Å²) in [5.74, 6) is 1.96. The van der Waals surface area contributed by atoms with E-state index in [1.807, 2.05) is 24.4 Å². The van der Waals surface area contributed by atoms with Crippen LogP contribution in [0.5, 0.6) is 5.75 Å². The van der Waals surface area contributed by atoms with Crippen LogP contribution in [-0.2, 0) is 19.6 Å². The summed E-state index contributed by atoms with van der Waals surface area (Å²) in [6, 6.07) is 17.0. The van der Waals surface area contributed by atoms with E-state index in [4.69, 9.17) is 9.84 Å². The Morgan fingerprint density at radius 1 is 0.879 bits per heavy atom. The van der Waals surface area contributed by atoms with Gasteiger partial charge in [0, 0.05) is 82.6 Å². The van der Waals surface area contributed by atoms with E-state index in [1.54, 1.807) is 0 Å². The number of benzene rings is 1. The van der Waals surface area contributed by atoms with Gasteiger partial charge in [-0.15, -0.1) is 0 Å². The van der Waals surface area contributed by atoms with Gasteiger partial charge in [-0.05, 0) is 42.0 Å². The number of aliphatic hydroxyl groups is 1. The molecular weight excluding hydrogens is 414 g/mol. The molecule has 0 radical (unpaired) electrons. The first-order valence-corrected chi connectivity index (χ1v) is 11.9. The van der Waals surface area contributed by atoms with E-state index in [0.717, 1.165) is 70.5 Å². The second-order valence-corrected chi connectivity index (χ2v) is 8.90. The van der Waals surface area contributed by atoms with Gasteiger partial charge in [-0.1, -0.05) is 12.1 Å². The molecule has 7 nitrogen and oxygen atoms in total. The molecule has 1 saturated heterocycles. The van der Waals surface area contributed by atoms with Crippen LogP contribution >= 0.6 is 0 Å². The Balaban J connectivity index is 1.25. The normalized spacial score (nSPS) is 18.0. The lowest BCUT2D eigenvalue weighted by Crippen LogP contribution is -2.46. The van der Waals surface area contributed by atoms with Crippen LogP contribution in [0.15, 0.2) is 60.9 Å². The number of rotatable bonds is 7. The molecule has 0 spiro atoms. The molecule has 3 aromatic rings. The van der Waals surface area contributed by atoms with Crippen molar-refractivity contribution in [1.29, 1.82) is 0 Å². The zero-order valence-corrected chi connectivity index (χ0v) is 19.1. The first-order valence-electron chi connectivity index (χ1n) is 11.9. The van der Waals surface area contributed by atoms with E-state index < -0.39 is 0 Å². The molecule has 7 heteroatoms. The van der Waals surface area contributed by atoms with Crippen LogP contribution in [0.4, 0.5) is 0 Å². The van der Waals surface area contributed by atoms with Crippen LogP contribution in [0, 0.1) is 0 Å². The molecule has 0 saturated carbocycles. The summed E-state index contributed by atoms with van der Waals surface area (Å²) in [6.07, 6.45) is 3.92. The molecule has 2 aromatic heterocycles. The number of β-amino-alcohol motifs (C(OH)–C–C–N with tert-alkyl or cyclic N) is 1. The number of hydrogen-bond acceptors (Lipinski definition) is 6. The Labute approximate surface area is 195 Å². The van der Waals surface area contributed by atoms with Crippen LogP contribution in [0.3, 0.4) is 0 Å². The van der Waals surface area contributed by atoms with E-state index >= 15 is 0 Å². The fourth-order valence-corrected chi connectivity index (χ4v) is 4.80. The second kappa shape index (κ2) is 10.5. The van der Waals surface area contributed by atoms with Gasteiger partial charge in [0.1, 0.15) is 18.2 Å². The SMILES string of the molecule is OCCN1CCN(Cc2ccc3c(c2)CN(Cc2cccn2-c2ccccn2)CCO3)CC1. The fourth-order valence-electron chi connectivity index (χ4n) is 4.80. The Bertz CT molecular complexity index is 1030. The van der Waals surface area contributed by atoms with Crippen LogP contribution < -0.4 is 4.74 Å². The number of fused-ring (bicyclic) bond motifs is 1. The molecule has 2 aliphatic heterocycles. The van der Waals surface area contributed by atoms with E-state index in [2.05, 4.69) is 60.8 Å². The summed E-state index contributed by atoms with van der Waals surface area (Å²) in [4.78, 5) is 11.8. The summed E-state index contributed by atoms with van der Waals surface area (Å²) in [5, 5.41) is 9.15. The third kappa shape index (κ3) is 5.45. The maximum absolute atomic E-state index is 9.15. The largest absolute Gasteiger partial charge is 0.492 e. The van der Waals surface area contributed by atoms with Gasteiger partial charge >= 0.3 is 0 Å². The van der Waals surface area contributed by atoms with Gasteiger partial charge in [-0.2, -0.15) is 0 Å². The Kier molecular flexibility index (Phi) is 7.02. The maximum Gasteiger partial charge on any atom is 0.136 e. The molecule has 0 unspecified atom stereocenters. The van der Waals surface area contributed by atoms with Gasteiger partial charge in [0.25, 0.3) is 0 Å². The van der Waals surface area contributed by atoms with Gasteiger partial charge in [0.2, 0.25) is 0 Å². The zero-order valence-electron chi connectivity index (χ0n) is 19.1. The first-order chi connectivity index (χ1) is 16.3. The predicted octanol–water partition coefficient (Wildman–Crippen LogP) is 2.38. The average molecular weight is 448 g/mol. The highest BCUT2D eigenvalue weighted by Crippen LogP contribution is 2.26. The quantitative estimate of drug-likeness (QED) is 0.600. The van der Waals surface area contributed by atoms with Crippen LogP contribution in [-0.4, -0.2) is 81.8 Å². The van der Waals surface area contributed by atoms with Crippen molar-refractivity contribution in [2.24, 2.45) is 0 Å². The van der Waals surface area contributed by atoms with Crippen molar-refractivity contribution in [3.05, 3.63) is 77.7 Å². The molecule has 5 rings (SSSR count). The van der Waals surface area contributed by atoms with E-state index in [1.165, 1.54) is 16.8 Å². The Morgan fingerprint density at radius 2 is 1.76 bits per heavy atom. The standard InChI is InChI=1S/C26H33N5O2/c32-16-14-28-10-12-29(13-11-28)19-22-6-7-25-23(18-22)20-30(15-17-33-25)21-24-4-3-9-31(24)26-5-1-2-8-27-26/h1-9,18,32H,10-17,19-21H2. The van der Waals surface area contributed by atoms with Crippen LogP contribution in [0.25, 0.3) is 5.82 Å². The lowest BCUT2D eigenvalue weighted by Gasteiger charge is -2.34. The molecule has 33 heavy (non-hydrogen) atoms. The number of aliphatic hydroxyl groups excluding tert-OH is 1. The number of aromatic nitrogens is 2. The van der Waals surface area contributed by atoms with Crippen molar-refractivity contribution in [2.75, 3.05) is 52.5 Å². The predicted molar refractivity (Wildman–Crippen MR) is 128 cm³/mol. The number of piperazine rings is 1. The van der Waals surface area contributed by atoms with E-state index in [9.17, 15) is 0 Å². The Morgan fingerprint density at radius 3 is 2.58 bits per heavy atom. The molecule has 1 fully saturated rings. The lowest BCUT2D eigenvalue weighted by atomic mass is 10.1. The number of hydrogen-bond donors (Lipinski definition) is 1. The van der Waals surface area contributed by atoms with Gasteiger partial charge in [0.15, 0.2) is 0 Å². The highest BCUT2D eigenvalue weighted by atomic mass is 16.5. The minimum Gasteiger partial charge on any atom is -0.492 e. The van der Waals surface area contributed by atoms with Gasteiger partial charge in [0.05, 0.1) is 6.61 Å². The summed E-state index contributed by atoms with van der Waals surface area (Å²) < 4.78 is 8.26. The fraction of sp³-hybridized carbons (Fsp3) is 0.423. The topological polar surface area (TPSA) is 57.0 Å². The molecule has 0 atom stereocenters. The molecule has 2 aliphatic rings. The number of pyridine rings is 1.